The third-order valence-electron chi connectivity index (χ3n) is 4.52. The Balaban J connectivity index is 1.59. The third kappa shape index (κ3) is 3.02. The predicted octanol–water partition coefficient (Wildman–Crippen LogP) is 6.47. The van der Waals surface area contributed by atoms with Crippen LogP contribution in [-0.2, 0) is 6.42 Å². The molecule has 0 spiro atoms. The maximum atomic E-state index is 3.49. The molecule has 0 nitrogen and oxygen atoms in total. The molecule has 0 saturated carbocycles. The lowest BCUT2D eigenvalue weighted by Crippen LogP contribution is -2.05. The molecule has 23 heavy (non-hydrogen) atoms. The highest BCUT2D eigenvalue weighted by Gasteiger charge is 2.15. The van der Waals surface area contributed by atoms with Crippen LogP contribution in [0, 0.1) is 0 Å². The minimum absolute atomic E-state index is 0.476. The molecular weight excluding hydrogens is 344 g/mol. The van der Waals surface area contributed by atoms with Crippen molar-refractivity contribution in [2.45, 2.75) is 12.3 Å². The largest absolute Gasteiger partial charge is 0.0761 e. The molecular formula is C22H17Br. The molecule has 0 N–H and O–H groups in total. The molecule has 0 amide bonds. The van der Waals surface area contributed by atoms with E-state index in [1.807, 2.05) is 0 Å². The molecule has 0 aromatic heterocycles. The van der Waals surface area contributed by atoms with Crippen molar-refractivity contribution < 1.29 is 0 Å². The first kappa shape index (κ1) is 14.5. The van der Waals surface area contributed by atoms with Crippen LogP contribution >= 0.6 is 15.9 Å². The zero-order valence-corrected chi connectivity index (χ0v) is 14.3. The summed E-state index contributed by atoms with van der Waals surface area (Å²) >= 11 is 3.49. The lowest BCUT2D eigenvalue weighted by atomic mass is 9.85. The zero-order valence-electron chi connectivity index (χ0n) is 12.7. The third-order valence-corrected chi connectivity index (χ3v) is 5.05. The topological polar surface area (TPSA) is 0 Å². The number of hydrogen-bond donors (Lipinski definition) is 0. The molecule has 0 aliphatic heterocycles. The first-order valence-electron chi connectivity index (χ1n) is 7.91. The van der Waals surface area contributed by atoms with Crippen LogP contribution in [0.5, 0.6) is 0 Å². The monoisotopic (exact) mass is 360 g/mol. The van der Waals surface area contributed by atoms with Crippen molar-refractivity contribution in [3.05, 3.63) is 100 Å². The quantitative estimate of drug-likeness (QED) is 0.491. The van der Waals surface area contributed by atoms with E-state index in [4.69, 9.17) is 0 Å². The van der Waals surface area contributed by atoms with Crippen LogP contribution < -0.4 is 0 Å². The summed E-state index contributed by atoms with van der Waals surface area (Å²) < 4.78 is 1.11. The van der Waals surface area contributed by atoms with E-state index in [2.05, 4.69) is 101 Å². The summed E-state index contributed by atoms with van der Waals surface area (Å²) in [6.45, 7) is 0. The van der Waals surface area contributed by atoms with Gasteiger partial charge in [-0.05, 0) is 46.4 Å². The highest BCUT2D eigenvalue weighted by molar-refractivity contribution is 9.10. The van der Waals surface area contributed by atoms with Gasteiger partial charge in [0.05, 0.1) is 0 Å². The van der Waals surface area contributed by atoms with Crippen LogP contribution in [0.25, 0.3) is 17.2 Å². The highest BCUT2D eigenvalue weighted by Crippen LogP contribution is 2.31. The van der Waals surface area contributed by atoms with Crippen molar-refractivity contribution in [3.63, 3.8) is 0 Å². The first-order valence-corrected chi connectivity index (χ1v) is 8.71. The SMILES string of the molecule is Brc1ccc(-c2ccc([C@H]3C=Cc4ccccc4C3)cc2)cc1. The lowest BCUT2D eigenvalue weighted by Gasteiger charge is -2.20. The van der Waals surface area contributed by atoms with E-state index in [1.54, 1.807) is 0 Å². The fourth-order valence-electron chi connectivity index (χ4n) is 3.20. The summed E-state index contributed by atoms with van der Waals surface area (Å²) in [5.74, 6) is 0.476. The molecule has 0 saturated heterocycles. The Labute approximate surface area is 145 Å². The van der Waals surface area contributed by atoms with Gasteiger partial charge in [-0.25, -0.2) is 0 Å². The molecule has 0 bridgehead atoms. The number of halogens is 1. The minimum Gasteiger partial charge on any atom is -0.0761 e. The molecule has 112 valence electrons. The number of allylic oxidation sites excluding steroid dienone is 1. The van der Waals surface area contributed by atoms with E-state index in [1.165, 1.54) is 27.8 Å². The van der Waals surface area contributed by atoms with Crippen molar-refractivity contribution in [2.75, 3.05) is 0 Å². The molecule has 0 radical (unpaired) electrons. The van der Waals surface area contributed by atoms with Gasteiger partial charge in [0, 0.05) is 10.4 Å². The van der Waals surface area contributed by atoms with Gasteiger partial charge < -0.3 is 0 Å². The van der Waals surface area contributed by atoms with E-state index < -0.39 is 0 Å². The average Bonchev–Trinajstić information content (AvgIpc) is 2.62. The Bertz CT molecular complexity index is 842. The van der Waals surface area contributed by atoms with Gasteiger partial charge in [0.25, 0.3) is 0 Å². The Morgan fingerprint density at radius 1 is 0.739 bits per heavy atom. The van der Waals surface area contributed by atoms with Gasteiger partial charge in [-0.3, -0.25) is 0 Å². The summed E-state index contributed by atoms with van der Waals surface area (Å²) in [6.07, 6.45) is 5.67. The Morgan fingerprint density at radius 2 is 1.39 bits per heavy atom. The fourth-order valence-corrected chi connectivity index (χ4v) is 3.47. The van der Waals surface area contributed by atoms with Crippen LogP contribution in [0.4, 0.5) is 0 Å². The van der Waals surface area contributed by atoms with Gasteiger partial charge in [-0.1, -0.05) is 88.7 Å². The summed E-state index contributed by atoms with van der Waals surface area (Å²) in [5.41, 5.74) is 6.70. The molecule has 4 rings (SSSR count). The van der Waals surface area contributed by atoms with Crippen LogP contribution in [0.2, 0.25) is 0 Å². The van der Waals surface area contributed by atoms with Crippen molar-refractivity contribution >= 4 is 22.0 Å². The molecule has 1 aliphatic rings. The average molecular weight is 361 g/mol. The standard InChI is InChI=1S/C22H17Br/c23-22-13-11-18(12-14-22)17-5-7-19(8-6-17)21-10-9-16-3-1-2-4-20(16)15-21/h1-14,21H,15H2/t21-/m0/s1. The lowest BCUT2D eigenvalue weighted by molar-refractivity contribution is 0.827. The fraction of sp³-hybridized carbons (Fsp3) is 0.0909. The molecule has 0 heterocycles. The molecule has 0 unspecified atom stereocenters. The smallest absolute Gasteiger partial charge is 0.0175 e. The number of benzene rings is 3. The van der Waals surface area contributed by atoms with Crippen LogP contribution in [0.1, 0.15) is 22.6 Å². The van der Waals surface area contributed by atoms with Gasteiger partial charge >= 0.3 is 0 Å². The van der Waals surface area contributed by atoms with Crippen molar-refractivity contribution in [2.24, 2.45) is 0 Å². The zero-order chi connectivity index (χ0) is 15.6. The van der Waals surface area contributed by atoms with Crippen molar-refractivity contribution in [1.82, 2.24) is 0 Å². The summed E-state index contributed by atoms with van der Waals surface area (Å²) in [7, 11) is 0. The van der Waals surface area contributed by atoms with Crippen LogP contribution in [0.15, 0.2) is 83.3 Å². The second-order valence-corrected chi connectivity index (χ2v) is 6.91. The van der Waals surface area contributed by atoms with Crippen LogP contribution in [-0.4, -0.2) is 0 Å². The highest BCUT2D eigenvalue weighted by atomic mass is 79.9. The van der Waals surface area contributed by atoms with Crippen LogP contribution in [0.3, 0.4) is 0 Å². The Hall–Kier alpha value is -2.12. The van der Waals surface area contributed by atoms with Crippen molar-refractivity contribution in [3.8, 4) is 11.1 Å². The summed E-state index contributed by atoms with van der Waals surface area (Å²) in [4.78, 5) is 0. The first-order chi connectivity index (χ1) is 11.3. The normalized spacial score (nSPS) is 16.1. The molecule has 3 aromatic rings. The Kier molecular flexibility index (Phi) is 3.88. The second kappa shape index (κ2) is 6.17. The van der Waals surface area contributed by atoms with Crippen molar-refractivity contribution in [1.29, 1.82) is 0 Å². The van der Waals surface area contributed by atoms with Gasteiger partial charge in [0.2, 0.25) is 0 Å². The molecule has 1 aliphatic carbocycles. The van der Waals surface area contributed by atoms with E-state index in [9.17, 15) is 0 Å². The van der Waals surface area contributed by atoms with Gasteiger partial charge in [0.1, 0.15) is 0 Å². The van der Waals surface area contributed by atoms with Gasteiger partial charge in [-0.15, -0.1) is 0 Å². The molecule has 3 aromatic carbocycles. The number of hydrogen-bond acceptors (Lipinski definition) is 0. The van der Waals surface area contributed by atoms with Gasteiger partial charge in [-0.2, -0.15) is 0 Å². The predicted molar refractivity (Wildman–Crippen MR) is 101 cm³/mol. The summed E-state index contributed by atoms with van der Waals surface area (Å²) in [5, 5.41) is 0. The molecule has 1 heteroatoms. The maximum absolute atomic E-state index is 3.49. The van der Waals surface area contributed by atoms with E-state index in [0.717, 1.165) is 10.9 Å². The number of fused-ring (bicyclic) bond motifs is 1. The maximum Gasteiger partial charge on any atom is 0.0175 e. The Morgan fingerprint density at radius 3 is 2.13 bits per heavy atom. The summed E-state index contributed by atoms with van der Waals surface area (Å²) in [6, 6.07) is 26.1. The second-order valence-electron chi connectivity index (χ2n) is 6.00. The van der Waals surface area contributed by atoms with E-state index >= 15 is 0 Å². The van der Waals surface area contributed by atoms with Gasteiger partial charge in [0.15, 0.2) is 0 Å². The molecule has 1 atom stereocenters. The molecule has 0 fully saturated rings. The minimum atomic E-state index is 0.476. The van der Waals surface area contributed by atoms with E-state index in [0.29, 0.717) is 5.92 Å². The van der Waals surface area contributed by atoms with E-state index in [-0.39, 0.29) is 0 Å². The number of rotatable bonds is 2.